The zero-order valence-corrected chi connectivity index (χ0v) is 14.2. The van der Waals surface area contributed by atoms with E-state index in [0.29, 0.717) is 24.1 Å². The molecule has 1 aliphatic carbocycles. The highest BCUT2D eigenvalue weighted by Crippen LogP contribution is 2.36. The summed E-state index contributed by atoms with van der Waals surface area (Å²) in [5.74, 6) is -0.551. The number of hydrogen-bond donors (Lipinski definition) is 1. The minimum atomic E-state index is -0.406. The van der Waals surface area contributed by atoms with Crippen LogP contribution in [-0.4, -0.2) is 35.7 Å². The van der Waals surface area contributed by atoms with Gasteiger partial charge in [-0.15, -0.1) is 0 Å². The molecule has 1 aliphatic rings. The van der Waals surface area contributed by atoms with Gasteiger partial charge in [0.15, 0.2) is 5.78 Å². The number of aliphatic hydroxyl groups excluding tert-OH is 1. The van der Waals surface area contributed by atoms with Crippen LogP contribution in [0.5, 0.6) is 0 Å². The van der Waals surface area contributed by atoms with Crippen molar-refractivity contribution in [2.45, 2.75) is 65.8 Å². The fourth-order valence-corrected chi connectivity index (χ4v) is 2.53. The van der Waals surface area contributed by atoms with Gasteiger partial charge in [-0.05, 0) is 25.2 Å². The molecule has 0 aromatic heterocycles. The molecule has 0 aliphatic heterocycles. The van der Waals surface area contributed by atoms with Crippen LogP contribution in [0.3, 0.4) is 0 Å². The van der Waals surface area contributed by atoms with Crippen LogP contribution in [0.2, 0.25) is 0 Å². The first kappa shape index (κ1) is 18.4. The van der Waals surface area contributed by atoms with Crippen molar-refractivity contribution in [3.05, 3.63) is 11.3 Å². The number of aliphatic imine (C=N–C) groups is 1. The largest absolute Gasteiger partial charge is 0.511 e. The molecule has 1 fully saturated rings. The zero-order chi connectivity index (χ0) is 16.9. The molecule has 1 rings (SSSR count). The highest BCUT2D eigenvalue weighted by Gasteiger charge is 2.36. The molecule has 1 saturated carbocycles. The van der Waals surface area contributed by atoms with Gasteiger partial charge in [-0.2, -0.15) is 0 Å². The summed E-state index contributed by atoms with van der Waals surface area (Å²) < 4.78 is 4.57. The van der Waals surface area contributed by atoms with E-state index in [0.717, 1.165) is 6.42 Å². The number of esters is 1. The van der Waals surface area contributed by atoms with E-state index in [4.69, 9.17) is 0 Å². The van der Waals surface area contributed by atoms with Gasteiger partial charge in [0.2, 0.25) is 0 Å². The molecule has 5 heteroatoms. The van der Waals surface area contributed by atoms with Crippen molar-refractivity contribution in [3.8, 4) is 0 Å². The Morgan fingerprint density at radius 2 is 2.00 bits per heavy atom. The number of carbonyl (C=O) groups excluding carboxylic acids is 2. The maximum Gasteiger partial charge on any atom is 0.305 e. The molecule has 124 valence electrons. The number of hydrogen-bond acceptors (Lipinski definition) is 5. The molecule has 0 saturated heterocycles. The van der Waals surface area contributed by atoms with Crippen LogP contribution in [-0.2, 0) is 14.3 Å². The number of carbonyl (C=O) groups is 2. The summed E-state index contributed by atoms with van der Waals surface area (Å²) in [5, 5.41) is 10.3. The predicted octanol–water partition coefficient (Wildman–Crippen LogP) is 3.38. The number of rotatable bonds is 5. The molecule has 0 amide bonds. The molecule has 1 N–H and O–H groups in total. The maximum absolute atomic E-state index is 12.4. The Hall–Kier alpha value is -1.65. The maximum atomic E-state index is 12.4. The number of allylic oxidation sites excluding steroid dienone is 2. The highest BCUT2D eigenvalue weighted by molar-refractivity contribution is 6.24. The lowest BCUT2D eigenvalue weighted by Gasteiger charge is -2.32. The van der Waals surface area contributed by atoms with E-state index in [1.165, 1.54) is 7.11 Å². The van der Waals surface area contributed by atoms with E-state index in [2.05, 4.69) is 9.73 Å². The van der Waals surface area contributed by atoms with Gasteiger partial charge in [0, 0.05) is 24.6 Å². The Kier molecular flexibility index (Phi) is 6.33. The average molecular weight is 309 g/mol. The summed E-state index contributed by atoms with van der Waals surface area (Å²) in [5.41, 5.74) is 0.816. The van der Waals surface area contributed by atoms with Gasteiger partial charge < -0.3 is 9.84 Å². The van der Waals surface area contributed by atoms with Crippen molar-refractivity contribution in [3.63, 3.8) is 0 Å². The second-order valence-corrected chi connectivity index (χ2v) is 6.67. The summed E-state index contributed by atoms with van der Waals surface area (Å²) in [6.45, 7) is 8.08. The van der Waals surface area contributed by atoms with Crippen LogP contribution in [0, 0.1) is 5.41 Å². The lowest BCUT2D eigenvalue weighted by Crippen LogP contribution is -2.33. The van der Waals surface area contributed by atoms with Gasteiger partial charge >= 0.3 is 5.97 Å². The molecule has 0 aromatic carbocycles. The summed E-state index contributed by atoms with van der Waals surface area (Å²) in [7, 11) is 1.30. The molecule has 0 spiro atoms. The SMILES string of the molecule is CCC(C)N=C1CC(C)(C)CC(=O)/C1=C(/O)CCC(=O)OC. The quantitative estimate of drug-likeness (QED) is 0.480. The van der Waals surface area contributed by atoms with Crippen molar-refractivity contribution in [2.24, 2.45) is 10.4 Å². The highest BCUT2D eigenvalue weighted by atomic mass is 16.5. The lowest BCUT2D eigenvalue weighted by atomic mass is 9.73. The molecular formula is C17H27NO4. The van der Waals surface area contributed by atoms with Crippen molar-refractivity contribution >= 4 is 17.5 Å². The molecule has 1 atom stereocenters. The van der Waals surface area contributed by atoms with E-state index >= 15 is 0 Å². The smallest absolute Gasteiger partial charge is 0.305 e. The number of ketones is 1. The third-order valence-electron chi connectivity index (χ3n) is 3.90. The van der Waals surface area contributed by atoms with E-state index in [-0.39, 0.29) is 35.8 Å². The number of nitrogens with zero attached hydrogens (tertiary/aromatic N) is 1. The molecule has 22 heavy (non-hydrogen) atoms. The second kappa shape index (κ2) is 7.56. The van der Waals surface area contributed by atoms with Crippen LogP contribution in [0.25, 0.3) is 0 Å². The molecule has 5 nitrogen and oxygen atoms in total. The number of methoxy groups -OCH3 is 1. The monoisotopic (exact) mass is 309 g/mol. The molecule has 0 heterocycles. The molecule has 0 radical (unpaired) electrons. The molecule has 0 bridgehead atoms. The third kappa shape index (κ3) is 4.97. The Bertz CT molecular complexity index is 503. The molecule has 1 unspecified atom stereocenters. The predicted molar refractivity (Wildman–Crippen MR) is 86.1 cm³/mol. The van der Waals surface area contributed by atoms with Crippen LogP contribution < -0.4 is 0 Å². The van der Waals surface area contributed by atoms with E-state index in [9.17, 15) is 14.7 Å². The fraction of sp³-hybridized carbons (Fsp3) is 0.706. The Morgan fingerprint density at radius 3 is 2.55 bits per heavy atom. The number of aliphatic hydroxyl groups is 1. The van der Waals surface area contributed by atoms with Crippen molar-refractivity contribution in [1.29, 1.82) is 0 Å². The van der Waals surface area contributed by atoms with Gasteiger partial charge in [-0.1, -0.05) is 20.8 Å². The minimum absolute atomic E-state index is 0.0482. The summed E-state index contributed by atoms with van der Waals surface area (Å²) in [6.07, 6.45) is 2.06. The van der Waals surface area contributed by atoms with Crippen molar-refractivity contribution in [1.82, 2.24) is 0 Å². The Labute approximate surface area is 132 Å². The fourth-order valence-electron chi connectivity index (χ4n) is 2.53. The van der Waals surface area contributed by atoms with E-state index in [1.807, 2.05) is 27.7 Å². The first-order valence-corrected chi connectivity index (χ1v) is 7.79. The second-order valence-electron chi connectivity index (χ2n) is 6.67. The van der Waals surface area contributed by atoms with Crippen LogP contribution in [0.1, 0.15) is 59.8 Å². The number of Topliss-reactive ketones (excluding diaryl/α,β-unsaturated/α-hetero) is 1. The van der Waals surface area contributed by atoms with Gasteiger partial charge in [0.05, 0.1) is 19.1 Å². The Balaban J connectivity index is 3.12. The van der Waals surface area contributed by atoms with Crippen molar-refractivity contribution < 1.29 is 19.4 Å². The Morgan fingerprint density at radius 1 is 1.36 bits per heavy atom. The van der Waals surface area contributed by atoms with Crippen LogP contribution in [0.4, 0.5) is 0 Å². The zero-order valence-electron chi connectivity index (χ0n) is 14.2. The van der Waals surface area contributed by atoms with Gasteiger partial charge in [-0.25, -0.2) is 0 Å². The topological polar surface area (TPSA) is 76.0 Å². The standard InChI is InChI=1S/C17H27NO4/c1-6-11(2)18-12-9-17(3,4)10-14(20)16(12)13(19)7-8-15(21)22-5/h11,19H,6-10H2,1-5H3/b16-13+,18-12?. The van der Waals surface area contributed by atoms with Crippen LogP contribution in [0.15, 0.2) is 16.3 Å². The molecular weight excluding hydrogens is 282 g/mol. The normalized spacial score (nSPS) is 23.3. The van der Waals surface area contributed by atoms with Gasteiger partial charge in [-0.3, -0.25) is 14.6 Å². The first-order chi connectivity index (χ1) is 10.2. The average Bonchev–Trinajstić information content (AvgIpc) is 2.42. The van der Waals surface area contributed by atoms with Gasteiger partial charge in [0.1, 0.15) is 5.76 Å². The summed E-state index contributed by atoms with van der Waals surface area (Å²) in [4.78, 5) is 28.3. The van der Waals surface area contributed by atoms with Crippen molar-refractivity contribution in [2.75, 3.05) is 7.11 Å². The number of ether oxygens (including phenoxy) is 1. The van der Waals surface area contributed by atoms with Crippen LogP contribution >= 0.6 is 0 Å². The summed E-state index contributed by atoms with van der Waals surface area (Å²) >= 11 is 0. The third-order valence-corrected chi connectivity index (χ3v) is 3.90. The van der Waals surface area contributed by atoms with E-state index < -0.39 is 5.97 Å². The summed E-state index contributed by atoms with van der Waals surface area (Å²) in [6, 6.07) is 0.0973. The lowest BCUT2D eigenvalue weighted by molar-refractivity contribution is -0.140. The van der Waals surface area contributed by atoms with E-state index in [1.54, 1.807) is 0 Å². The first-order valence-electron chi connectivity index (χ1n) is 7.79. The van der Waals surface area contributed by atoms with Gasteiger partial charge in [0.25, 0.3) is 0 Å². The minimum Gasteiger partial charge on any atom is -0.511 e. The molecule has 0 aromatic rings.